The van der Waals surface area contributed by atoms with Gasteiger partial charge in [0, 0.05) is 25.8 Å². The molecule has 4 rings (SSSR count). The summed E-state index contributed by atoms with van der Waals surface area (Å²) in [4.78, 5) is 20.6. The molecule has 39 heavy (non-hydrogen) atoms. The van der Waals surface area contributed by atoms with Crippen molar-refractivity contribution in [1.29, 1.82) is 0 Å². The average Bonchev–Trinajstić information content (AvgIpc) is 3.24. The van der Waals surface area contributed by atoms with Gasteiger partial charge < -0.3 is 14.2 Å². The Morgan fingerprint density at radius 3 is 2.64 bits per heavy atom. The summed E-state index contributed by atoms with van der Waals surface area (Å²) in [5, 5.41) is 0. The molecule has 0 saturated carbocycles. The zero-order chi connectivity index (χ0) is 28.2. The lowest BCUT2D eigenvalue weighted by Crippen LogP contribution is -2.26. The Bertz CT molecular complexity index is 1570. The summed E-state index contributed by atoms with van der Waals surface area (Å²) in [6.07, 6.45) is 6.43. The molecule has 210 valence electrons. The molecule has 1 aromatic carbocycles. The minimum absolute atomic E-state index is 0.0535. The molecule has 10 nitrogen and oxygen atoms in total. The maximum atomic E-state index is 13.2. The predicted molar refractivity (Wildman–Crippen MR) is 150 cm³/mol. The number of H-pyrrole nitrogens is 1. The second-order valence-electron chi connectivity index (χ2n) is 9.38. The first kappa shape index (κ1) is 28.6. The zero-order valence-corrected chi connectivity index (χ0v) is 23.9. The molecule has 1 aliphatic rings. The molecule has 1 atom stereocenters. The normalized spacial score (nSPS) is 15.8. The number of aromatic amines is 1. The molecule has 2 heterocycles. The van der Waals surface area contributed by atoms with Gasteiger partial charge in [0.2, 0.25) is 10.0 Å². The lowest BCUT2D eigenvalue weighted by molar-refractivity contribution is 0.0768. The van der Waals surface area contributed by atoms with Crippen LogP contribution in [0.2, 0.25) is 0 Å². The maximum Gasteiger partial charge on any atom is 0.333 e. The van der Waals surface area contributed by atoms with Crippen molar-refractivity contribution >= 4 is 15.7 Å². The minimum atomic E-state index is -3.85. The van der Waals surface area contributed by atoms with E-state index >= 15 is 0 Å². The highest BCUT2D eigenvalue weighted by Gasteiger charge is 2.22. The molecule has 0 saturated heterocycles. The first-order valence-electron chi connectivity index (χ1n) is 13.1. The first-order valence-corrected chi connectivity index (χ1v) is 14.5. The van der Waals surface area contributed by atoms with Crippen molar-refractivity contribution in [3.05, 3.63) is 69.5 Å². The third-order valence-corrected chi connectivity index (χ3v) is 8.18. The van der Waals surface area contributed by atoms with Gasteiger partial charge in [-0.05, 0) is 62.6 Å². The third-order valence-electron chi connectivity index (χ3n) is 6.72. The Hall–Kier alpha value is -3.41. The highest BCUT2D eigenvalue weighted by atomic mass is 32.2. The van der Waals surface area contributed by atoms with Crippen LogP contribution in [0.4, 0.5) is 0 Å². The highest BCUT2D eigenvalue weighted by molar-refractivity contribution is 7.89. The highest BCUT2D eigenvalue weighted by Crippen LogP contribution is 2.31. The number of ether oxygens (including phenoxy) is 3. The SMILES string of the molecule is CCCc1cc(C)n2c(=O)[nH]c(-c3cc(S(=O)(=O)NCCC4=CC=C(OC)C(OC)C4)ccc3OCC)nc12. The third kappa shape index (κ3) is 6.10. The van der Waals surface area contributed by atoms with Gasteiger partial charge in [-0.1, -0.05) is 25.0 Å². The van der Waals surface area contributed by atoms with E-state index in [0.717, 1.165) is 35.4 Å². The number of aryl methyl sites for hydroxylation is 2. The van der Waals surface area contributed by atoms with Crippen LogP contribution in [0.25, 0.3) is 17.0 Å². The number of rotatable bonds is 12. The van der Waals surface area contributed by atoms with Crippen molar-refractivity contribution in [3.63, 3.8) is 0 Å². The molecule has 0 spiro atoms. The van der Waals surface area contributed by atoms with Crippen LogP contribution in [0.15, 0.2) is 57.4 Å². The fraction of sp³-hybridized carbons (Fsp3) is 0.429. The Kier molecular flexibility index (Phi) is 8.94. The van der Waals surface area contributed by atoms with Crippen molar-refractivity contribution < 1.29 is 22.6 Å². The molecule has 0 fully saturated rings. The van der Waals surface area contributed by atoms with Crippen LogP contribution in [0.5, 0.6) is 5.75 Å². The van der Waals surface area contributed by atoms with Gasteiger partial charge in [0.1, 0.15) is 29.1 Å². The molecule has 3 aromatic rings. The minimum Gasteiger partial charge on any atom is -0.498 e. The van der Waals surface area contributed by atoms with E-state index in [0.29, 0.717) is 36.4 Å². The Morgan fingerprint density at radius 2 is 1.95 bits per heavy atom. The van der Waals surface area contributed by atoms with Gasteiger partial charge in [-0.2, -0.15) is 0 Å². The average molecular weight is 557 g/mol. The summed E-state index contributed by atoms with van der Waals surface area (Å²) >= 11 is 0. The van der Waals surface area contributed by atoms with Gasteiger partial charge in [0.05, 0.1) is 24.2 Å². The fourth-order valence-electron chi connectivity index (χ4n) is 4.81. The van der Waals surface area contributed by atoms with Crippen LogP contribution < -0.4 is 15.1 Å². The summed E-state index contributed by atoms with van der Waals surface area (Å²) < 4.78 is 47.3. The summed E-state index contributed by atoms with van der Waals surface area (Å²) in [6, 6.07) is 6.54. The van der Waals surface area contributed by atoms with Crippen LogP contribution in [0, 0.1) is 6.92 Å². The molecular weight excluding hydrogens is 520 g/mol. The van der Waals surface area contributed by atoms with Gasteiger partial charge in [-0.15, -0.1) is 0 Å². The van der Waals surface area contributed by atoms with E-state index in [1.807, 2.05) is 32.1 Å². The number of aromatic nitrogens is 3. The zero-order valence-electron chi connectivity index (χ0n) is 23.0. The van der Waals surface area contributed by atoms with Crippen molar-refractivity contribution in [2.45, 2.75) is 57.5 Å². The lowest BCUT2D eigenvalue weighted by Gasteiger charge is -2.22. The molecule has 1 unspecified atom stereocenters. The number of methoxy groups -OCH3 is 2. The number of hydrogen-bond donors (Lipinski definition) is 2. The van der Waals surface area contributed by atoms with Crippen LogP contribution >= 0.6 is 0 Å². The van der Waals surface area contributed by atoms with E-state index in [1.165, 1.54) is 16.5 Å². The molecular formula is C28H36N4O6S. The van der Waals surface area contributed by atoms with E-state index in [1.54, 1.807) is 20.3 Å². The fourth-order valence-corrected chi connectivity index (χ4v) is 5.87. The molecule has 0 aliphatic heterocycles. The van der Waals surface area contributed by atoms with Gasteiger partial charge in [0.15, 0.2) is 0 Å². The topological polar surface area (TPSA) is 124 Å². The molecule has 0 amide bonds. The van der Waals surface area contributed by atoms with Crippen LogP contribution in [0.3, 0.4) is 0 Å². The number of nitrogens with one attached hydrogen (secondary N) is 2. The van der Waals surface area contributed by atoms with E-state index in [-0.39, 0.29) is 29.1 Å². The molecule has 2 aromatic heterocycles. The maximum absolute atomic E-state index is 13.2. The number of hydrogen-bond acceptors (Lipinski definition) is 7. The standard InChI is InChI=1S/C28H36N4O6S/c1-6-8-20-15-18(3)32-27(20)30-26(31-28(32)33)22-17-21(10-12-23(22)38-7-2)39(34,35)29-14-13-19-9-11-24(36-4)25(16-19)37-5/h9-12,15,17,25,29H,6-8,13-14,16H2,1-5H3,(H,30,31,33). The lowest BCUT2D eigenvalue weighted by atomic mass is 9.98. The van der Waals surface area contributed by atoms with Crippen molar-refractivity contribution in [1.82, 2.24) is 19.1 Å². The Morgan fingerprint density at radius 1 is 1.15 bits per heavy atom. The van der Waals surface area contributed by atoms with Crippen LogP contribution in [0.1, 0.15) is 44.4 Å². The van der Waals surface area contributed by atoms with E-state index in [9.17, 15) is 13.2 Å². The quantitative estimate of drug-likeness (QED) is 0.347. The van der Waals surface area contributed by atoms with Gasteiger partial charge in [-0.25, -0.2) is 27.3 Å². The molecule has 2 N–H and O–H groups in total. The van der Waals surface area contributed by atoms with E-state index in [2.05, 4.69) is 16.6 Å². The Labute approximate surface area is 228 Å². The van der Waals surface area contributed by atoms with Gasteiger partial charge in [0.25, 0.3) is 0 Å². The van der Waals surface area contributed by atoms with Gasteiger partial charge in [-0.3, -0.25) is 4.98 Å². The van der Waals surface area contributed by atoms with Crippen molar-refractivity contribution in [3.8, 4) is 17.1 Å². The van der Waals surface area contributed by atoms with Crippen molar-refractivity contribution in [2.75, 3.05) is 27.4 Å². The molecule has 0 bridgehead atoms. The van der Waals surface area contributed by atoms with Crippen molar-refractivity contribution in [2.24, 2.45) is 0 Å². The second kappa shape index (κ2) is 12.2. The van der Waals surface area contributed by atoms with E-state index < -0.39 is 10.0 Å². The summed E-state index contributed by atoms with van der Waals surface area (Å²) in [7, 11) is -0.632. The number of benzene rings is 1. The first-order chi connectivity index (χ1) is 18.7. The summed E-state index contributed by atoms with van der Waals surface area (Å²) in [5.74, 6) is 1.43. The largest absolute Gasteiger partial charge is 0.498 e. The smallest absolute Gasteiger partial charge is 0.333 e. The number of sulfonamides is 1. The van der Waals surface area contributed by atoms with Crippen LogP contribution in [-0.2, 0) is 25.9 Å². The van der Waals surface area contributed by atoms with E-state index in [4.69, 9.17) is 19.2 Å². The number of nitrogens with zero attached hydrogens (tertiary/aromatic N) is 2. The summed E-state index contributed by atoms with van der Waals surface area (Å²) in [5.41, 5.74) is 3.42. The Balaban J connectivity index is 1.63. The second-order valence-corrected chi connectivity index (χ2v) is 11.1. The number of allylic oxidation sites excluding steroid dienone is 2. The predicted octanol–water partition coefficient (Wildman–Crippen LogP) is 3.89. The monoisotopic (exact) mass is 556 g/mol. The van der Waals surface area contributed by atoms with Crippen LogP contribution in [-0.4, -0.2) is 56.3 Å². The molecule has 0 radical (unpaired) electrons. The molecule has 11 heteroatoms. The van der Waals surface area contributed by atoms with Gasteiger partial charge >= 0.3 is 5.69 Å². The molecule has 1 aliphatic carbocycles. The summed E-state index contributed by atoms with van der Waals surface area (Å²) in [6.45, 7) is 6.35. The number of fused-ring (bicyclic) bond motifs is 1.